The van der Waals surface area contributed by atoms with Crippen LogP contribution in [0.5, 0.6) is 5.75 Å². The van der Waals surface area contributed by atoms with E-state index in [1.807, 2.05) is 31.2 Å². The van der Waals surface area contributed by atoms with Gasteiger partial charge in [0, 0.05) is 43.8 Å². The molecule has 0 spiro atoms. The van der Waals surface area contributed by atoms with Gasteiger partial charge in [-0.15, -0.1) is 0 Å². The second-order valence-corrected chi connectivity index (χ2v) is 10.8. The minimum Gasteiger partial charge on any atom is -0.480 e. The summed E-state index contributed by atoms with van der Waals surface area (Å²) in [5.41, 5.74) is 2.06. The summed E-state index contributed by atoms with van der Waals surface area (Å²) in [6.45, 7) is 7.71. The van der Waals surface area contributed by atoms with E-state index in [2.05, 4.69) is 39.3 Å². The molecule has 1 unspecified atom stereocenters. The molecule has 6 rings (SSSR count). The first kappa shape index (κ1) is 28.4. The Labute approximate surface area is 248 Å². The van der Waals surface area contributed by atoms with Crippen LogP contribution in [-0.2, 0) is 11.3 Å². The topological polar surface area (TPSA) is 134 Å². The standard InChI is InChI=1S/C30H35N9O4/c1-4-5-12-38-29(42)23-17-31-30(32-21-6-8-22(9-7-21)36-15-13-35(3)14-16-36)34-27(23)39(38)25-11-10-24-28(33-25)37(18-20(2)40)26(41)19-43-24/h4-11,17,20,40H,12-16,18-19H2,1-3H3,(H,31,32,34)/b5-4-. The average molecular weight is 586 g/mol. The first-order valence-electron chi connectivity index (χ1n) is 14.4. The highest BCUT2D eigenvalue weighted by Crippen LogP contribution is 2.32. The summed E-state index contributed by atoms with van der Waals surface area (Å²) < 4.78 is 8.75. The van der Waals surface area contributed by atoms with Gasteiger partial charge in [-0.2, -0.15) is 4.98 Å². The number of carbonyl (C=O) groups is 1. The van der Waals surface area contributed by atoms with Crippen LogP contribution >= 0.6 is 0 Å². The normalized spacial score (nSPS) is 16.5. The first-order chi connectivity index (χ1) is 20.8. The smallest absolute Gasteiger partial charge is 0.278 e. The maximum absolute atomic E-state index is 13.5. The highest BCUT2D eigenvalue weighted by Gasteiger charge is 2.29. The molecule has 0 radical (unpaired) electrons. The van der Waals surface area contributed by atoms with E-state index in [1.165, 1.54) is 15.8 Å². The Hall–Kier alpha value is -4.75. The molecule has 0 saturated carbocycles. The van der Waals surface area contributed by atoms with Gasteiger partial charge in [0.1, 0.15) is 5.39 Å². The third-order valence-electron chi connectivity index (χ3n) is 7.58. The number of nitrogens with one attached hydrogen (secondary N) is 1. The van der Waals surface area contributed by atoms with E-state index in [0.717, 1.165) is 37.6 Å². The Balaban J connectivity index is 1.37. The lowest BCUT2D eigenvalue weighted by Crippen LogP contribution is -2.44. The van der Waals surface area contributed by atoms with Crippen LogP contribution in [0.25, 0.3) is 16.9 Å². The van der Waals surface area contributed by atoms with Crippen LogP contribution in [0.3, 0.4) is 0 Å². The van der Waals surface area contributed by atoms with Crippen LogP contribution in [0.1, 0.15) is 13.8 Å². The van der Waals surface area contributed by atoms with Crippen molar-refractivity contribution in [1.29, 1.82) is 0 Å². The number of rotatable bonds is 8. The fourth-order valence-corrected chi connectivity index (χ4v) is 5.28. The number of anilines is 4. The lowest BCUT2D eigenvalue weighted by atomic mass is 10.2. The molecule has 1 fully saturated rings. The predicted molar refractivity (Wildman–Crippen MR) is 165 cm³/mol. The molecule has 0 aliphatic carbocycles. The number of allylic oxidation sites excluding steroid dienone is 2. The van der Waals surface area contributed by atoms with Gasteiger partial charge >= 0.3 is 0 Å². The number of ether oxygens (including phenoxy) is 1. The molecule has 13 heteroatoms. The fourth-order valence-electron chi connectivity index (χ4n) is 5.28. The van der Waals surface area contributed by atoms with Gasteiger partial charge in [0.05, 0.1) is 19.2 Å². The minimum absolute atomic E-state index is 0.0628. The largest absolute Gasteiger partial charge is 0.480 e. The summed E-state index contributed by atoms with van der Waals surface area (Å²) >= 11 is 0. The van der Waals surface area contributed by atoms with Crippen LogP contribution in [0.4, 0.5) is 23.1 Å². The second kappa shape index (κ2) is 11.9. The number of β-amino-alcohol motifs (C(OH)–C–C–N with tert-alkyl or cyclic N) is 1. The van der Waals surface area contributed by atoms with E-state index < -0.39 is 6.10 Å². The highest BCUT2D eigenvalue weighted by atomic mass is 16.5. The molecule has 2 aliphatic heterocycles. The summed E-state index contributed by atoms with van der Waals surface area (Å²) in [6.07, 6.45) is 4.46. The molecule has 1 atom stereocenters. The zero-order valence-electron chi connectivity index (χ0n) is 24.5. The highest BCUT2D eigenvalue weighted by molar-refractivity contribution is 5.97. The molecule has 13 nitrogen and oxygen atoms in total. The molecule has 0 bridgehead atoms. The van der Waals surface area contributed by atoms with Crippen molar-refractivity contribution in [3.05, 3.63) is 65.1 Å². The Kier molecular flexibility index (Phi) is 7.82. The maximum atomic E-state index is 13.5. The number of piperazine rings is 1. The van der Waals surface area contributed by atoms with Crippen LogP contribution < -0.4 is 25.4 Å². The third-order valence-corrected chi connectivity index (χ3v) is 7.58. The lowest BCUT2D eigenvalue weighted by molar-refractivity contribution is -0.121. The third kappa shape index (κ3) is 5.68. The number of hydrogen-bond acceptors (Lipinski definition) is 10. The van der Waals surface area contributed by atoms with Crippen molar-refractivity contribution in [3.63, 3.8) is 0 Å². The number of amides is 1. The first-order valence-corrected chi connectivity index (χ1v) is 14.4. The molecular weight excluding hydrogens is 550 g/mol. The van der Waals surface area contributed by atoms with Crippen molar-refractivity contribution in [2.24, 2.45) is 0 Å². The minimum atomic E-state index is -0.766. The van der Waals surface area contributed by atoms with Crippen molar-refractivity contribution >= 4 is 40.1 Å². The van der Waals surface area contributed by atoms with E-state index in [-0.39, 0.29) is 37.0 Å². The van der Waals surface area contributed by atoms with Gasteiger partial charge in [-0.25, -0.2) is 19.3 Å². The maximum Gasteiger partial charge on any atom is 0.278 e. The van der Waals surface area contributed by atoms with E-state index in [9.17, 15) is 14.7 Å². The summed E-state index contributed by atoms with van der Waals surface area (Å²) in [5.74, 6) is 1.07. The van der Waals surface area contributed by atoms with E-state index in [0.29, 0.717) is 28.5 Å². The number of likely N-dealkylation sites (N-methyl/N-ethyl adjacent to an activating group) is 1. The molecule has 2 N–H and O–H groups in total. The summed E-state index contributed by atoms with van der Waals surface area (Å²) in [6, 6.07) is 11.6. The molecule has 5 heterocycles. The van der Waals surface area contributed by atoms with Crippen molar-refractivity contribution in [3.8, 4) is 11.6 Å². The van der Waals surface area contributed by atoms with E-state index >= 15 is 0 Å². The molecule has 3 aromatic heterocycles. The number of fused-ring (bicyclic) bond motifs is 2. The van der Waals surface area contributed by atoms with Gasteiger partial charge in [-0.1, -0.05) is 12.2 Å². The van der Waals surface area contributed by atoms with Crippen molar-refractivity contribution in [2.45, 2.75) is 26.5 Å². The monoisotopic (exact) mass is 585 g/mol. The van der Waals surface area contributed by atoms with Crippen LogP contribution in [-0.4, -0.2) is 92.7 Å². The van der Waals surface area contributed by atoms with Gasteiger partial charge in [0.15, 0.2) is 29.6 Å². The predicted octanol–water partition coefficient (Wildman–Crippen LogP) is 2.15. The van der Waals surface area contributed by atoms with Gasteiger partial charge in [-0.3, -0.25) is 14.5 Å². The molecule has 2 aliphatic rings. The zero-order chi connectivity index (χ0) is 30.1. The molecule has 1 saturated heterocycles. The van der Waals surface area contributed by atoms with Gasteiger partial charge in [0.25, 0.3) is 11.5 Å². The average Bonchev–Trinajstić information content (AvgIpc) is 3.28. The SMILES string of the molecule is C/C=C\Cn1c(=O)c2cnc(Nc3ccc(N4CCN(C)CC4)cc3)nc2n1-c1ccc2c(n1)N(CC(C)O)C(=O)CO2. The van der Waals surface area contributed by atoms with E-state index in [1.54, 1.807) is 23.7 Å². The number of carbonyl (C=O) groups excluding carboxylic acids is 1. The summed E-state index contributed by atoms with van der Waals surface area (Å²) in [4.78, 5) is 46.2. The zero-order valence-corrected chi connectivity index (χ0v) is 24.5. The number of aromatic nitrogens is 5. The Morgan fingerprint density at radius 2 is 1.84 bits per heavy atom. The number of pyridine rings is 1. The van der Waals surface area contributed by atoms with Crippen LogP contribution in [0.2, 0.25) is 0 Å². The summed E-state index contributed by atoms with van der Waals surface area (Å²) in [5, 5.41) is 13.6. The Bertz CT molecular complexity index is 1720. The number of aliphatic hydroxyl groups is 1. The fraction of sp³-hybridized carbons (Fsp3) is 0.367. The Morgan fingerprint density at radius 3 is 2.56 bits per heavy atom. The number of aliphatic hydroxyl groups excluding tert-OH is 1. The van der Waals surface area contributed by atoms with Crippen molar-refractivity contribution < 1.29 is 14.6 Å². The van der Waals surface area contributed by atoms with Crippen molar-refractivity contribution in [1.82, 2.24) is 29.2 Å². The van der Waals surface area contributed by atoms with Gasteiger partial charge < -0.3 is 25.0 Å². The second-order valence-electron chi connectivity index (χ2n) is 10.8. The van der Waals surface area contributed by atoms with Crippen LogP contribution in [0.15, 0.2) is 59.5 Å². The molecule has 224 valence electrons. The molecule has 4 aromatic rings. The number of nitrogens with zero attached hydrogens (tertiary/aromatic N) is 8. The lowest BCUT2D eigenvalue weighted by Gasteiger charge is -2.34. The molecule has 43 heavy (non-hydrogen) atoms. The van der Waals surface area contributed by atoms with Gasteiger partial charge in [-0.05, 0) is 57.3 Å². The molecule has 1 aromatic carbocycles. The number of benzene rings is 1. The summed E-state index contributed by atoms with van der Waals surface area (Å²) in [7, 11) is 2.14. The van der Waals surface area contributed by atoms with Crippen LogP contribution in [0, 0.1) is 0 Å². The number of hydrogen-bond donors (Lipinski definition) is 2. The molecular formula is C30H35N9O4. The van der Waals surface area contributed by atoms with E-state index in [4.69, 9.17) is 14.7 Å². The van der Waals surface area contributed by atoms with Gasteiger partial charge in [0.2, 0.25) is 5.95 Å². The van der Waals surface area contributed by atoms with Crippen molar-refractivity contribution in [2.75, 3.05) is 61.5 Å². The molecule has 1 amide bonds. The quantitative estimate of drug-likeness (QED) is 0.296. The Morgan fingerprint density at radius 1 is 1.07 bits per heavy atom.